The van der Waals surface area contributed by atoms with Crippen molar-refractivity contribution in [3.63, 3.8) is 0 Å². The number of rotatable bonds is 4. The molecule has 14 heavy (non-hydrogen) atoms. The number of hydrogen-bond donors (Lipinski definition) is 1. The summed E-state index contributed by atoms with van der Waals surface area (Å²) in [5.41, 5.74) is 6.61. The first-order valence-corrected chi connectivity index (χ1v) is 4.88. The molecule has 78 valence electrons. The first-order valence-electron chi connectivity index (χ1n) is 4.88. The van der Waals surface area contributed by atoms with E-state index in [0.717, 1.165) is 18.1 Å². The Kier molecular flexibility index (Phi) is 3.83. The molecule has 0 radical (unpaired) electrons. The molecule has 1 aromatic rings. The normalized spacial score (nSPS) is 10.6. The number of nitrogens with two attached hydrogens (primary N) is 1. The van der Waals surface area contributed by atoms with Gasteiger partial charge in [-0.15, -0.1) is 0 Å². The molecule has 0 bridgehead atoms. The highest BCUT2D eigenvalue weighted by atomic mass is 15.2. The molecule has 1 rings (SSSR count). The van der Waals surface area contributed by atoms with Gasteiger partial charge in [-0.2, -0.15) is 0 Å². The molecule has 0 fully saturated rings. The van der Waals surface area contributed by atoms with Crippen molar-refractivity contribution in [2.24, 2.45) is 5.73 Å². The van der Waals surface area contributed by atoms with E-state index in [4.69, 9.17) is 5.73 Å². The molecular weight excluding hydrogens is 176 g/mol. The standard InChI is InChI=1S/C10H18N4/c1-8(2)9-6-12-10(13-7-9)14(3)5-4-11/h6-8H,4-5,11H2,1-3H3. The molecular formula is C10H18N4. The Hall–Kier alpha value is -1.16. The third kappa shape index (κ3) is 2.67. The van der Waals surface area contributed by atoms with Crippen LogP contribution in [0.4, 0.5) is 5.95 Å². The summed E-state index contributed by atoms with van der Waals surface area (Å²) in [6.45, 7) is 5.65. The summed E-state index contributed by atoms with van der Waals surface area (Å²) in [7, 11) is 1.94. The van der Waals surface area contributed by atoms with E-state index >= 15 is 0 Å². The molecule has 0 amide bonds. The van der Waals surface area contributed by atoms with Gasteiger partial charge in [-0.05, 0) is 11.5 Å². The van der Waals surface area contributed by atoms with Crippen molar-refractivity contribution in [1.82, 2.24) is 9.97 Å². The highest BCUT2D eigenvalue weighted by Crippen LogP contribution is 2.13. The Morgan fingerprint density at radius 1 is 1.36 bits per heavy atom. The largest absolute Gasteiger partial charge is 0.343 e. The van der Waals surface area contributed by atoms with Crippen LogP contribution in [0.25, 0.3) is 0 Å². The van der Waals surface area contributed by atoms with Crippen LogP contribution in [0, 0.1) is 0 Å². The van der Waals surface area contributed by atoms with Crippen molar-refractivity contribution in [3.05, 3.63) is 18.0 Å². The monoisotopic (exact) mass is 194 g/mol. The Bertz CT molecular complexity index is 268. The lowest BCUT2D eigenvalue weighted by molar-refractivity contribution is 0.815. The van der Waals surface area contributed by atoms with Gasteiger partial charge in [-0.1, -0.05) is 13.8 Å². The van der Waals surface area contributed by atoms with Crippen molar-refractivity contribution < 1.29 is 0 Å². The van der Waals surface area contributed by atoms with Crippen LogP contribution >= 0.6 is 0 Å². The van der Waals surface area contributed by atoms with E-state index in [1.807, 2.05) is 24.3 Å². The zero-order chi connectivity index (χ0) is 10.6. The molecule has 0 aliphatic rings. The van der Waals surface area contributed by atoms with Gasteiger partial charge in [0, 0.05) is 32.5 Å². The van der Waals surface area contributed by atoms with E-state index in [0.29, 0.717) is 12.5 Å². The summed E-state index contributed by atoms with van der Waals surface area (Å²) in [5.74, 6) is 1.21. The second-order valence-electron chi connectivity index (χ2n) is 3.68. The van der Waals surface area contributed by atoms with Gasteiger partial charge in [0.15, 0.2) is 0 Å². The Morgan fingerprint density at radius 2 is 1.93 bits per heavy atom. The molecule has 0 atom stereocenters. The van der Waals surface area contributed by atoms with Crippen LogP contribution in [0.1, 0.15) is 25.3 Å². The minimum Gasteiger partial charge on any atom is -0.343 e. The second-order valence-corrected chi connectivity index (χ2v) is 3.68. The Morgan fingerprint density at radius 3 is 2.36 bits per heavy atom. The number of hydrogen-bond acceptors (Lipinski definition) is 4. The lowest BCUT2D eigenvalue weighted by Gasteiger charge is -2.15. The Balaban J connectivity index is 2.72. The highest BCUT2D eigenvalue weighted by Gasteiger charge is 2.04. The number of aromatic nitrogens is 2. The first kappa shape index (κ1) is 10.9. The maximum absolute atomic E-state index is 5.45. The average Bonchev–Trinajstić information content (AvgIpc) is 2.18. The van der Waals surface area contributed by atoms with Crippen LogP contribution in [0.5, 0.6) is 0 Å². The van der Waals surface area contributed by atoms with Crippen LogP contribution in [0.2, 0.25) is 0 Å². The third-order valence-corrected chi connectivity index (χ3v) is 2.13. The molecule has 0 unspecified atom stereocenters. The van der Waals surface area contributed by atoms with Crippen LogP contribution in [-0.4, -0.2) is 30.1 Å². The zero-order valence-corrected chi connectivity index (χ0v) is 9.07. The molecule has 0 aliphatic heterocycles. The summed E-state index contributed by atoms with van der Waals surface area (Å²) in [4.78, 5) is 10.5. The van der Waals surface area contributed by atoms with Gasteiger partial charge >= 0.3 is 0 Å². The van der Waals surface area contributed by atoms with Gasteiger partial charge in [0.1, 0.15) is 0 Å². The lowest BCUT2D eigenvalue weighted by atomic mass is 10.1. The molecule has 4 heteroatoms. The number of nitrogens with zero attached hydrogens (tertiary/aromatic N) is 3. The van der Waals surface area contributed by atoms with E-state index in [1.165, 1.54) is 0 Å². The van der Waals surface area contributed by atoms with Crippen molar-refractivity contribution >= 4 is 5.95 Å². The fourth-order valence-corrected chi connectivity index (χ4v) is 1.12. The van der Waals surface area contributed by atoms with E-state index in [9.17, 15) is 0 Å². The Labute approximate surface area is 85.2 Å². The van der Waals surface area contributed by atoms with Crippen LogP contribution in [-0.2, 0) is 0 Å². The molecule has 1 heterocycles. The first-order chi connectivity index (χ1) is 6.65. The van der Waals surface area contributed by atoms with Crippen LogP contribution in [0.3, 0.4) is 0 Å². The zero-order valence-electron chi connectivity index (χ0n) is 9.07. The summed E-state index contributed by atoms with van der Waals surface area (Å²) in [6.07, 6.45) is 3.75. The van der Waals surface area contributed by atoms with Gasteiger partial charge in [-0.25, -0.2) is 9.97 Å². The minimum absolute atomic E-state index is 0.476. The SMILES string of the molecule is CC(C)c1cnc(N(C)CCN)nc1. The lowest BCUT2D eigenvalue weighted by Crippen LogP contribution is -2.26. The van der Waals surface area contributed by atoms with Crippen molar-refractivity contribution in [1.29, 1.82) is 0 Å². The minimum atomic E-state index is 0.476. The summed E-state index contributed by atoms with van der Waals surface area (Å²) in [6, 6.07) is 0. The summed E-state index contributed by atoms with van der Waals surface area (Å²) < 4.78 is 0. The molecule has 0 spiro atoms. The average molecular weight is 194 g/mol. The molecule has 0 saturated heterocycles. The van der Waals surface area contributed by atoms with Crippen molar-refractivity contribution in [2.75, 3.05) is 25.0 Å². The van der Waals surface area contributed by atoms with E-state index in [2.05, 4.69) is 23.8 Å². The fourth-order valence-electron chi connectivity index (χ4n) is 1.12. The quantitative estimate of drug-likeness (QED) is 0.776. The molecule has 0 saturated carbocycles. The third-order valence-electron chi connectivity index (χ3n) is 2.13. The summed E-state index contributed by atoms with van der Waals surface area (Å²) in [5, 5.41) is 0. The molecule has 4 nitrogen and oxygen atoms in total. The van der Waals surface area contributed by atoms with E-state index in [1.54, 1.807) is 0 Å². The predicted molar refractivity (Wildman–Crippen MR) is 58.4 cm³/mol. The van der Waals surface area contributed by atoms with Gasteiger partial charge in [-0.3, -0.25) is 0 Å². The highest BCUT2D eigenvalue weighted by molar-refractivity contribution is 5.28. The van der Waals surface area contributed by atoms with Crippen LogP contribution < -0.4 is 10.6 Å². The number of anilines is 1. The summed E-state index contributed by atoms with van der Waals surface area (Å²) >= 11 is 0. The van der Waals surface area contributed by atoms with Gasteiger partial charge in [0.25, 0.3) is 0 Å². The second kappa shape index (κ2) is 4.91. The van der Waals surface area contributed by atoms with E-state index in [-0.39, 0.29) is 0 Å². The molecule has 0 aromatic carbocycles. The van der Waals surface area contributed by atoms with E-state index < -0.39 is 0 Å². The van der Waals surface area contributed by atoms with Gasteiger partial charge in [0.2, 0.25) is 5.95 Å². The topological polar surface area (TPSA) is 55.0 Å². The molecule has 1 aromatic heterocycles. The smallest absolute Gasteiger partial charge is 0.225 e. The fraction of sp³-hybridized carbons (Fsp3) is 0.600. The van der Waals surface area contributed by atoms with Crippen molar-refractivity contribution in [2.45, 2.75) is 19.8 Å². The molecule has 0 aliphatic carbocycles. The maximum atomic E-state index is 5.45. The number of likely N-dealkylation sites (N-methyl/N-ethyl adjacent to an activating group) is 1. The van der Waals surface area contributed by atoms with Gasteiger partial charge in [0.05, 0.1) is 0 Å². The predicted octanol–water partition coefficient (Wildman–Crippen LogP) is 0.995. The maximum Gasteiger partial charge on any atom is 0.225 e. The van der Waals surface area contributed by atoms with Gasteiger partial charge < -0.3 is 10.6 Å². The van der Waals surface area contributed by atoms with Crippen molar-refractivity contribution in [3.8, 4) is 0 Å². The molecule has 2 N–H and O–H groups in total. The van der Waals surface area contributed by atoms with Crippen LogP contribution in [0.15, 0.2) is 12.4 Å².